The molecule has 0 saturated heterocycles. The van der Waals surface area contributed by atoms with E-state index in [1.54, 1.807) is 24.3 Å². The Balaban J connectivity index is 0.00000117. The smallest absolute Gasteiger partial charge is 0.425 e. The lowest BCUT2D eigenvalue weighted by atomic mass is 10.1. The maximum Gasteiger partial charge on any atom is 0.425 e. The van der Waals surface area contributed by atoms with Gasteiger partial charge in [0.15, 0.2) is 11.3 Å². The summed E-state index contributed by atoms with van der Waals surface area (Å²) in [7, 11) is -25.1. The molecular weight excluding hydrogens is 1300 g/mol. The number of ether oxygens (including phenoxy) is 1. The summed E-state index contributed by atoms with van der Waals surface area (Å²) in [6, 6.07) is 18.7. The number of thioether (sulfide) groups is 1. The van der Waals surface area contributed by atoms with Gasteiger partial charge in [0.25, 0.3) is 50.6 Å². The highest BCUT2D eigenvalue weighted by Gasteiger charge is 2.24. The molecule has 5 aromatic carbocycles. The number of fused-ring (bicyclic) bond motifs is 6. The number of imidazole rings is 1. The highest BCUT2D eigenvalue weighted by molar-refractivity contribution is 7.99. The molecule has 84 heavy (non-hydrogen) atoms. The number of hydrogen-bond donors (Lipinski definition) is 7. The fraction of sp³-hybridized carbons (Fsp3) is 0.205. The number of benzene rings is 5. The van der Waals surface area contributed by atoms with Gasteiger partial charge in [-0.25, -0.2) is 9.97 Å². The van der Waals surface area contributed by atoms with Crippen molar-refractivity contribution in [3.63, 3.8) is 0 Å². The Morgan fingerprint density at radius 2 is 1.38 bits per heavy atom. The normalized spacial score (nSPS) is 12.5. The minimum Gasteiger partial charge on any atom is -0.493 e. The van der Waals surface area contributed by atoms with E-state index < -0.39 is 95.0 Å². The molecule has 0 unspecified atom stereocenters. The third-order valence-corrected chi connectivity index (χ3v) is 16.5. The number of rotatable bonds is 19. The number of halogens is 1. The van der Waals surface area contributed by atoms with E-state index in [0.717, 1.165) is 41.3 Å². The Morgan fingerprint density at radius 1 is 0.762 bits per heavy atom. The van der Waals surface area contributed by atoms with Crippen molar-refractivity contribution in [3.05, 3.63) is 94.5 Å². The lowest BCUT2D eigenvalue weighted by molar-refractivity contribution is 0.282. The SMILES string of the molecule is CS(=O)(=O)O.Cc1c(N=Nc2cc(Cl)c(N=Nc3cc(CO)c(N=Nc4nc5c(S(=O)(=O)O)cc6ccc(S(=O)(=O)O)cc6c5s4)cc3SCCCS(=O)(=O)O)cc2OCCCS(=O)(=O)O)c(O)n2c(nc3ccccc32)c1C#N.O=S(=O)=O. The van der Waals surface area contributed by atoms with Gasteiger partial charge in [-0.1, -0.05) is 41.1 Å². The molecule has 0 spiro atoms. The average molecular weight is 1340 g/mol. The molecule has 31 nitrogen and oxygen atoms in total. The maximum atomic E-state index is 12.4. The number of para-hydroxylation sites is 2. The molecule has 0 saturated carbocycles. The molecule has 0 aliphatic rings. The fourth-order valence-electron chi connectivity index (χ4n) is 7.32. The van der Waals surface area contributed by atoms with Crippen LogP contribution in [0.3, 0.4) is 0 Å². The number of nitriles is 1. The third-order valence-electron chi connectivity index (χ3n) is 10.8. The molecule has 8 rings (SSSR count). The molecule has 8 aromatic rings. The zero-order chi connectivity index (χ0) is 62.3. The van der Waals surface area contributed by atoms with Gasteiger partial charge < -0.3 is 14.9 Å². The largest absolute Gasteiger partial charge is 0.493 e. The Morgan fingerprint density at radius 3 is 2.00 bits per heavy atom. The predicted octanol–water partition coefficient (Wildman–Crippen LogP) is 8.55. The van der Waals surface area contributed by atoms with Gasteiger partial charge in [0.2, 0.25) is 11.0 Å². The van der Waals surface area contributed by atoms with E-state index >= 15 is 0 Å². The van der Waals surface area contributed by atoms with Crippen molar-refractivity contribution in [1.82, 2.24) is 14.4 Å². The minimum absolute atomic E-state index is 0.00151. The quantitative estimate of drug-likeness (QED) is 0.0172. The van der Waals surface area contributed by atoms with Gasteiger partial charge in [-0.05, 0) is 79.4 Å². The number of aromatic hydroxyl groups is 1. The van der Waals surface area contributed by atoms with Crippen molar-refractivity contribution in [2.75, 3.05) is 30.1 Å². The van der Waals surface area contributed by atoms with Gasteiger partial charge in [-0.2, -0.15) is 47.4 Å². The molecule has 0 aliphatic carbocycles. The fourth-order valence-corrected chi connectivity index (χ4v) is 11.8. The number of thiazole rings is 1. The monoisotopic (exact) mass is 1330 g/mol. The van der Waals surface area contributed by atoms with Gasteiger partial charge in [0.1, 0.15) is 39.2 Å². The Kier molecular flexibility index (Phi) is 21.1. The summed E-state index contributed by atoms with van der Waals surface area (Å²) in [5.74, 6) is -1.67. The average Bonchev–Trinajstić information content (AvgIpc) is 2.72. The summed E-state index contributed by atoms with van der Waals surface area (Å²) in [6.07, 6.45) is 0.485. The first-order valence-corrected chi connectivity index (χ1v) is 33.8. The van der Waals surface area contributed by atoms with E-state index in [4.69, 9.17) is 33.5 Å². The van der Waals surface area contributed by atoms with Crippen LogP contribution >= 0.6 is 34.7 Å². The molecule has 446 valence electrons. The number of hydrogen-bond acceptors (Lipinski definition) is 27. The highest BCUT2D eigenvalue weighted by atomic mass is 35.5. The van der Waals surface area contributed by atoms with Crippen LogP contribution in [0.25, 0.3) is 37.7 Å². The van der Waals surface area contributed by atoms with Crippen LogP contribution in [0, 0.1) is 18.3 Å². The Hall–Kier alpha value is -7.14. The molecule has 3 heterocycles. The first-order valence-electron chi connectivity index (χ1n) is 22.6. The highest BCUT2D eigenvalue weighted by Crippen LogP contribution is 2.45. The van der Waals surface area contributed by atoms with Gasteiger partial charge in [0, 0.05) is 27.5 Å². The van der Waals surface area contributed by atoms with Crippen LogP contribution < -0.4 is 4.74 Å². The van der Waals surface area contributed by atoms with E-state index in [1.165, 1.54) is 41.7 Å². The second-order valence-electron chi connectivity index (χ2n) is 16.8. The van der Waals surface area contributed by atoms with Gasteiger partial charge in [-0.3, -0.25) is 27.2 Å². The van der Waals surface area contributed by atoms with Crippen LogP contribution in [0.1, 0.15) is 29.5 Å². The molecule has 3 aromatic heterocycles. The molecule has 0 aliphatic heterocycles. The molecule has 0 amide bonds. The van der Waals surface area contributed by atoms with E-state index in [-0.39, 0.29) is 118 Å². The zero-order valence-corrected chi connectivity index (χ0v) is 49.6. The van der Waals surface area contributed by atoms with Crippen LogP contribution in [0.4, 0.5) is 33.6 Å². The molecular formula is C44H39ClN10O21S8. The van der Waals surface area contributed by atoms with Crippen molar-refractivity contribution >= 4 is 167 Å². The van der Waals surface area contributed by atoms with E-state index in [0.29, 0.717) is 17.3 Å². The lowest BCUT2D eigenvalue weighted by Gasteiger charge is -2.12. The standard InChI is InChI=1S/C43H35ClN10O15S6.CH4O3S.O3S/c1-22-27(20-45)41-46-29-6-2-3-7-34(29)54(41)42(56)38(22)52-50-32-17-28(44)31(18-35(32)69-10-4-12-72(57,58)59)49-51-33-14-24(21-55)30(19-36(33)70-11-5-13-73(60,61)62)48-53-43-47-39-37(75(66,67)68)15-23-8-9-25(74(63,64)65)16-26(23)40(39)71-43;1-5(2,3)4;1-4(2)3/h2-3,6-9,14-19,55-56H,4-5,10-13,21H2,1H3,(H,57,58,59)(H,60,61,62)(H,63,64,65)(H,66,67,68);1H3,(H,2,3,4);. The van der Waals surface area contributed by atoms with Crippen LogP contribution in [-0.2, 0) is 67.8 Å². The number of azo groups is 3. The Bertz CT molecular complexity index is 4770. The predicted molar refractivity (Wildman–Crippen MR) is 302 cm³/mol. The maximum absolute atomic E-state index is 12.4. The Labute approximate surface area is 489 Å². The van der Waals surface area contributed by atoms with E-state index in [9.17, 15) is 75.8 Å². The van der Waals surface area contributed by atoms with Crippen LogP contribution in [0.2, 0.25) is 5.02 Å². The molecule has 40 heteroatoms. The van der Waals surface area contributed by atoms with Gasteiger partial charge in [-0.15, -0.1) is 55.1 Å². The minimum atomic E-state index is -4.90. The summed E-state index contributed by atoms with van der Waals surface area (Å²) >= 11 is 8.52. The summed E-state index contributed by atoms with van der Waals surface area (Å²) in [5, 5.41) is 57.7. The lowest BCUT2D eigenvalue weighted by Crippen LogP contribution is -2.08. The van der Waals surface area contributed by atoms with Gasteiger partial charge in [0.05, 0.1) is 68.0 Å². The van der Waals surface area contributed by atoms with Crippen molar-refractivity contribution in [1.29, 1.82) is 5.26 Å². The number of nitrogens with zero attached hydrogens (tertiary/aromatic N) is 10. The van der Waals surface area contributed by atoms with Crippen molar-refractivity contribution < 1.29 is 92.4 Å². The molecule has 0 radical (unpaired) electrons. The van der Waals surface area contributed by atoms with Crippen LogP contribution in [0.5, 0.6) is 11.6 Å². The topological polar surface area (TPSA) is 501 Å². The van der Waals surface area contributed by atoms with Crippen molar-refractivity contribution in [2.24, 2.45) is 30.7 Å². The number of aliphatic hydroxyl groups is 1. The van der Waals surface area contributed by atoms with E-state index in [2.05, 4.69) is 46.7 Å². The van der Waals surface area contributed by atoms with Gasteiger partial charge >= 0.3 is 10.6 Å². The summed E-state index contributed by atoms with van der Waals surface area (Å²) < 4.78 is 192. The van der Waals surface area contributed by atoms with Crippen molar-refractivity contribution in [3.8, 4) is 17.7 Å². The number of aliphatic hydroxyl groups excluding tert-OH is 1. The number of pyridine rings is 1. The van der Waals surface area contributed by atoms with Crippen LogP contribution in [-0.4, -0.2) is 132 Å². The summed E-state index contributed by atoms with van der Waals surface area (Å²) in [4.78, 5) is 7.84. The van der Waals surface area contributed by atoms with Crippen LogP contribution in [0.15, 0.2) is 118 Å². The first-order chi connectivity index (χ1) is 39.1. The second-order valence-corrected chi connectivity index (χ2v) is 27.2. The molecule has 0 bridgehead atoms. The van der Waals surface area contributed by atoms with E-state index in [1.807, 2.05) is 0 Å². The first kappa shape index (κ1) is 66.0. The summed E-state index contributed by atoms with van der Waals surface area (Å²) in [6.45, 7) is 0.564. The zero-order valence-electron chi connectivity index (χ0n) is 42.3. The summed E-state index contributed by atoms with van der Waals surface area (Å²) in [5.41, 5.74) is 1.09. The molecule has 0 fully saturated rings. The second kappa shape index (κ2) is 26.8. The molecule has 7 N–H and O–H groups in total. The van der Waals surface area contributed by atoms with Crippen molar-refractivity contribution in [2.45, 2.75) is 41.1 Å². The molecule has 0 atom stereocenters. The number of aromatic nitrogens is 3. The third kappa shape index (κ3) is 17.7.